The van der Waals surface area contributed by atoms with Gasteiger partial charge in [-0.1, -0.05) is 41.6 Å². The third kappa shape index (κ3) is 2.79. The summed E-state index contributed by atoms with van der Waals surface area (Å²) in [6.45, 7) is 3.45. The fraction of sp³-hybridized carbons (Fsp3) is 0.133. The molecule has 92 valence electrons. The van der Waals surface area contributed by atoms with Crippen molar-refractivity contribution in [3.8, 4) is 0 Å². The van der Waals surface area contributed by atoms with Gasteiger partial charge in [0.05, 0.1) is 4.90 Å². The van der Waals surface area contributed by atoms with Crippen LogP contribution in [0.2, 0.25) is 0 Å². The lowest BCUT2D eigenvalue weighted by molar-refractivity contribution is 0.101. The second-order valence-electron chi connectivity index (χ2n) is 4.09. The van der Waals surface area contributed by atoms with E-state index in [0.717, 1.165) is 10.5 Å². The van der Waals surface area contributed by atoms with Crippen LogP contribution in [0.5, 0.6) is 0 Å². The van der Waals surface area contributed by atoms with Crippen LogP contribution in [0.4, 0.5) is 4.39 Å². The van der Waals surface area contributed by atoms with Crippen LogP contribution in [0.15, 0.2) is 52.3 Å². The van der Waals surface area contributed by atoms with E-state index < -0.39 is 0 Å². The van der Waals surface area contributed by atoms with Crippen molar-refractivity contribution in [1.29, 1.82) is 0 Å². The van der Waals surface area contributed by atoms with E-state index in [0.29, 0.717) is 10.5 Å². The molecule has 0 aliphatic heterocycles. The molecule has 3 heteroatoms. The van der Waals surface area contributed by atoms with Crippen LogP contribution in [0.3, 0.4) is 0 Å². The predicted octanol–water partition coefficient (Wildman–Crippen LogP) is 4.49. The summed E-state index contributed by atoms with van der Waals surface area (Å²) in [7, 11) is 0. The minimum Gasteiger partial charge on any atom is -0.294 e. The van der Waals surface area contributed by atoms with Gasteiger partial charge < -0.3 is 0 Å². The molecular formula is C15H13FOS. The molecule has 0 aliphatic rings. The van der Waals surface area contributed by atoms with Gasteiger partial charge in [0, 0.05) is 10.5 Å². The minimum absolute atomic E-state index is 0.121. The number of benzene rings is 2. The van der Waals surface area contributed by atoms with Crippen LogP contribution in [0.1, 0.15) is 22.8 Å². The van der Waals surface area contributed by atoms with Crippen LogP contribution in [0.25, 0.3) is 0 Å². The zero-order valence-corrected chi connectivity index (χ0v) is 11.1. The predicted molar refractivity (Wildman–Crippen MR) is 71.7 cm³/mol. The Morgan fingerprint density at radius 1 is 1.11 bits per heavy atom. The Labute approximate surface area is 110 Å². The molecule has 0 fully saturated rings. The van der Waals surface area contributed by atoms with Gasteiger partial charge in [0.1, 0.15) is 5.82 Å². The molecule has 0 radical (unpaired) electrons. The number of hydrogen-bond donors (Lipinski definition) is 0. The number of carbonyl (C=O) groups is 1. The van der Waals surface area contributed by atoms with Gasteiger partial charge in [-0.2, -0.15) is 0 Å². The summed E-state index contributed by atoms with van der Waals surface area (Å²) < 4.78 is 13.8. The van der Waals surface area contributed by atoms with Gasteiger partial charge in [-0.05, 0) is 32.0 Å². The number of hydrogen-bond acceptors (Lipinski definition) is 2. The van der Waals surface area contributed by atoms with Crippen LogP contribution >= 0.6 is 11.8 Å². The Balaban J connectivity index is 2.39. The molecule has 18 heavy (non-hydrogen) atoms. The van der Waals surface area contributed by atoms with Gasteiger partial charge in [0.25, 0.3) is 0 Å². The highest BCUT2D eigenvalue weighted by Crippen LogP contribution is 2.33. The van der Waals surface area contributed by atoms with Crippen LogP contribution in [-0.2, 0) is 0 Å². The second-order valence-corrected chi connectivity index (χ2v) is 5.17. The topological polar surface area (TPSA) is 17.1 Å². The number of halogens is 1. The lowest BCUT2D eigenvalue weighted by atomic mass is 10.1. The van der Waals surface area contributed by atoms with E-state index in [4.69, 9.17) is 0 Å². The van der Waals surface area contributed by atoms with E-state index in [1.54, 1.807) is 12.1 Å². The maximum atomic E-state index is 13.8. The quantitative estimate of drug-likeness (QED) is 0.756. The summed E-state index contributed by atoms with van der Waals surface area (Å²) in [5.74, 6) is -0.475. The lowest BCUT2D eigenvalue weighted by Gasteiger charge is -2.08. The summed E-state index contributed by atoms with van der Waals surface area (Å²) in [5, 5.41) is 0. The van der Waals surface area contributed by atoms with Gasteiger partial charge in [0.15, 0.2) is 5.78 Å². The third-order valence-corrected chi connectivity index (χ3v) is 3.71. The lowest BCUT2D eigenvalue weighted by Crippen LogP contribution is -1.97. The van der Waals surface area contributed by atoms with Crippen molar-refractivity contribution in [3.05, 3.63) is 59.4 Å². The second kappa shape index (κ2) is 5.36. The van der Waals surface area contributed by atoms with Crippen LogP contribution < -0.4 is 0 Å². The first kappa shape index (κ1) is 12.8. The van der Waals surface area contributed by atoms with Gasteiger partial charge >= 0.3 is 0 Å². The molecule has 2 aromatic rings. The molecule has 0 aromatic heterocycles. The number of ketones is 1. The summed E-state index contributed by atoms with van der Waals surface area (Å²) in [4.78, 5) is 12.8. The van der Waals surface area contributed by atoms with E-state index >= 15 is 0 Å². The Bertz CT molecular complexity index is 576. The molecule has 1 nitrogen and oxygen atoms in total. The number of aryl methyl sites for hydroxylation is 1. The first-order valence-electron chi connectivity index (χ1n) is 5.62. The molecule has 2 rings (SSSR count). The monoisotopic (exact) mass is 260 g/mol. The van der Waals surface area contributed by atoms with Gasteiger partial charge in [-0.3, -0.25) is 4.79 Å². The van der Waals surface area contributed by atoms with E-state index in [2.05, 4.69) is 0 Å². The van der Waals surface area contributed by atoms with Crippen LogP contribution in [0, 0.1) is 12.7 Å². The fourth-order valence-corrected chi connectivity index (χ4v) is 2.61. The Morgan fingerprint density at radius 2 is 1.78 bits per heavy atom. The average molecular weight is 260 g/mol. The maximum absolute atomic E-state index is 13.8. The average Bonchev–Trinajstić information content (AvgIpc) is 2.34. The first-order valence-corrected chi connectivity index (χ1v) is 6.43. The molecule has 0 spiro atoms. The molecule has 0 N–H and O–H groups in total. The summed E-state index contributed by atoms with van der Waals surface area (Å²) in [5.41, 5.74) is 1.58. The molecule has 0 atom stereocenters. The Morgan fingerprint density at radius 3 is 2.39 bits per heavy atom. The zero-order chi connectivity index (χ0) is 13.1. The van der Waals surface area contributed by atoms with Crippen molar-refractivity contribution < 1.29 is 9.18 Å². The summed E-state index contributed by atoms with van der Waals surface area (Å²) >= 11 is 1.28. The molecule has 2 aromatic carbocycles. The fourth-order valence-electron chi connectivity index (χ4n) is 1.61. The van der Waals surface area contributed by atoms with Gasteiger partial charge in [0.2, 0.25) is 0 Å². The molecule has 0 heterocycles. The maximum Gasteiger partial charge on any atom is 0.161 e. The van der Waals surface area contributed by atoms with Crippen LogP contribution in [-0.4, -0.2) is 5.78 Å². The first-order chi connectivity index (χ1) is 8.58. The number of Topliss-reactive ketones (excluding diaryl/α,β-unsaturated/α-hetero) is 1. The Hall–Kier alpha value is -1.61. The molecule has 0 bridgehead atoms. The zero-order valence-electron chi connectivity index (χ0n) is 10.2. The van der Waals surface area contributed by atoms with Gasteiger partial charge in [-0.25, -0.2) is 4.39 Å². The molecular weight excluding hydrogens is 247 g/mol. The number of rotatable bonds is 3. The highest BCUT2D eigenvalue weighted by atomic mass is 32.2. The van der Waals surface area contributed by atoms with E-state index in [1.165, 1.54) is 24.8 Å². The third-order valence-electron chi connectivity index (χ3n) is 2.59. The smallest absolute Gasteiger partial charge is 0.161 e. The van der Waals surface area contributed by atoms with Gasteiger partial charge in [-0.15, -0.1) is 0 Å². The van der Waals surface area contributed by atoms with Crippen molar-refractivity contribution in [3.63, 3.8) is 0 Å². The number of carbonyl (C=O) groups excluding carboxylic acids is 1. The largest absolute Gasteiger partial charge is 0.294 e. The standard InChI is InChI=1S/C15H13FOS/c1-10-6-8-12(9-7-10)18-15-13(11(2)17)4-3-5-14(15)16/h3-9H,1-2H3. The van der Waals surface area contributed by atoms with Crippen molar-refractivity contribution in [2.75, 3.05) is 0 Å². The normalized spacial score (nSPS) is 10.4. The molecule has 0 unspecified atom stereocenters. The minimum atomic E-state index is -0.353. The van der Waals surface area contributed by atoms with E-state index in [1.807, 2.05) is 31.2 Å². The SMILES string of the molecule is CC(=O)c1cccc(F)c1Sc1ccc(C)cc1. The summed E-state index contributed by atoms with van der Waals surface area (Å²) in [6, 6.07) is 12.4. The van der Waals surface area contributed by atoms with Crippen molar-refractivity contribution >= 4 is 17.5 Å². The Kier molecular flexibility index (Phi) is 3.82. The molecule has 0 saturated heterocycles. The molecule has 0 aliphatic carbocycles. The highest BCUT2D eigenvalue weighted by molar-refractivity contribution is 7.99. The molecule has 0 amide bonds. The van der Waals surface area contributed by atoms with Crippen molar-refractivity contribution in [1.82, 2.24) is 0 Å². The van der Waals surface area contributed by atoms with E-state index in [-0.39, 0.29) is 11.6 Å². The van der Waals surface area contributed by atoms with E-state index in [9.17, 15) is 9.18 Å². The summed E-state index contributed by atoms with van der Waals surface area (Å²) in [6.07, 6.45) is 0. The highest BCUT2D eigenvalue weighted by Gasteiger charge is 2.13. The van der Waals surface area contributed by atoms with Crippen molar-refractivity contribution in [2.45, 2.75) is 23.6 Å². The van der Waals surface area contributed by atoms with Crippen molar-refractivity contribution in [2.24, 2.45) is 0 Å². The molecule has 0 saturated carbocycles.